The maximum Gasteiger partial charge on any atom is 0.123 e. The van der Waals surface area contributed by atoms with E-state index in [0.29, 0.717) is 23.1 Å². The van der Waals surface area contributed by atoms with Gasteiger partial charge in [0, 0.05) is 29.5 Å². The van der Waals surface area contributed by atoms with Gasteiger partial charge in [-0.05, 0) is 67.4 Å². The van der Waals surface area contributed by atoms with Crippen LogP contribution in [0.4, 0.5) is 10.1 Å². The lowest BCUT2D eigenvalue weighted by molar-refractivity contribution is 0.628. The van der Waals surface area contributed by atoms with Gasteiger partial charge in [-0.1, -0.05) is 29.3 Å². The minimum absolute atomic E-state index is 0.252. The third-order valence-electron chi connectivity index (χ3n) is 5.25. The molecule has 0 aliphatic heterocycles. The van der Waals surface area contributed by atoms with E-state index in [-0.39, 0.29) is 5.82 Å². The lowest BCUT2D eigenvalue weighted by atomic mass is 10.1. The van der Waals surface area contributed by atoms with Crippen LogP contribution in [0.2, 0.25) is 10.0 Å². The number of halogens is 3. The fourth-order valence-corrected chi connectivity index (χ4v) is 3.89. The van der Waals surface area contributed by atoms with Crippen LogP contribution in [0.25, 0.3) is 10.9 Å². The first-order valence-corrected chi connectivity index (χ1v) is 10.1. The lowest BCUT2D eigenvalue weighted by Gasteiger charge is -2.13. The van der Waals surface area contributed by atoms with Crippen LogP contribution < -0.4 is 5.32 Å². The van der Waals surface area contributed by atoms with Crippen molar-refractivity contribution >= 4 is 39.8 Å². The lowest BCUT2D eigenvalue weighted by Crippen LogP contribution is -2.07. The fraction of sp³-hybridized carbons (Fsp3) is 0.174. The molecule has 148 valence electrons. The van der Waals surface area contributed by atoms with E-state index in [1.165, 1.54) is 28.8 Å². The zero-order valence-corrected chi connectivity index (χ0v) is 17.7. The molecule has 0 fully saturated rings. The van der Waals surface area contributed by atoms with Gasteiger partial charge in [-0.25, -0.2) is 4.39 Å². The summed E-state index contributed by atoms with van der Waals surface area (Å²) in [6.07, 6.45) is 1.83. The summed E-state index contributed by atoms with van der Waals surface area (Å²) in [5.74, 6) is -0.252. The first kappa shape index (κ1) is 19.7. The van der Waals surface area contributed by atoms with Gasteiger partial charge in [-0.3, -0.25) is 4.98 Å². The molecule has 0 aliphatic carbocycles. The van der Waals surface area contributed by atoms with Gasteiger partial charge < -0.3 is 9.88 Å². The van der Waals surface area contributed by atoms with Gasteiger partial charge in [0.2, 0.25) is 0 Å². The van der Waals surface area contributed by atoms with Gasteiger partial charge >= 0.3 is 0 Å². The third-order valence-corrected chi connectivity index (χ3v) is 5.99. The van der Waals surface area contributed by atoms with Crippen molar-refractivity contribution in [3.8, 4) is 0 Å². The van der Waals surface area contributed by atoms with E-state index >= 15 is 0 Å². The SMILES string of the molecule is Cc1c(C)n(Cc2ccc(Cl)c(Cl)c2)c2c(CNc3ccc(F)cc3)nccc12. The summed E-state index contributed by atoms with van der Waals surface area (Å²) in [6.45, 7) is 5.44. The molecule has 0 saturated heterocycles. The van der Waals surface area contributed by atoms with Crippen LogP contribution in [-0.4, -0.2) is 9.55 Å². The summed E-state index contributed by atoms with van der Waals surface area (Å²) < 4.78 is 15.4. The van der Waals surface area contributed by atoms with Crippen molar-refractivity contribution in [2.24, 2.45) is 0 Å². The second-order valence-electron chi connectivity index (χ2n) is 7.06. The molecule has 1 N–H and O–H groups in total. The smallest absolute Gasteiger partial charge is 0.123 e. The monoisotopic (exact) mass is 427 g/mol. The van der Waals surface area contributed by atoms with Crippen molar-refractivity contribution in [2.45, 2.75) is 26.9 Å². The van der Waals surface area contributed by atoms with Crippen molar-refractivity contribution in [3.63, 3.8) is 0 Å². The van der Waals surface area contributed by atoms with Gasteiger partial charge in [-0.15, -0.1) is 0 Å². The molecule has 4 rings (SSSR count). The number of pyridine rings is 1. The minimum Gasteiger partial charge on any atom is -0.379 e. The summed E-state index contributed by atoms with van der Waals surface area (Å²) >= 11 is 12.3. The topological polar surface area (TPSA) is 29.9 Å². The van der Waals surface area contributed by atoms with E-state index in [0.717, 1.165) is 22.5 Å². The quantitative estimate of drug-likeness (QED) is 0.381. The molecule has 2 heterocycles. The molecule has 0 spiro atoms. The van der Waals surface area contributed by atoms with Gasteiger partial charge in [-0.2, -0.15) is 0 Å². The predicted molar refractivity (Wildman–Crippen MR) is 118 cm³/mol. The van der Waals surface area contributed by atoms with Crippen molar-refractivity contribution in [1.29, 1.82) is 0 Å². The Balaban J connectivity index is 1.72. The predicted octanol–water partition coefficient (Wildman–Crippen LogP) is 6.76. The second kappa shape index (κ2) is 8.05. The Bertz CT molecular complexity index is 1180. The molecular weight excluding hydrogens is 408 g/mol. The van der Waals surface area contributed by atoms with Crippen LogP contribution in [0.15, 0.2) is 54.7 Å². The van der Waals surface area contributed by atoms with Gasteiger partial charge in [0.1, 0.15) is 5.82 Å². The van der Waals surface area contributed by atoms with E-state index in [2.05, 4.69) is 28.7 Å². The van der Waals surface area contributed by atoms with Crippen LogP contribution in [-0.2, 0) is 13.1 Å². The molecule has 0 amide bonds. The number of rotatable bonds is 5. The average molecular weight is 428 g/mol. The summed E-state index contributed by atoms with van der Waals surface area (Å²) in [6, 6.07) is 14.1. The highest BCUT2D eigenvalue weighted by Gasteiger charge is 2.16. The van der Waals surface area contributed by atoms with Crippen LogP contribution in [0.1, 0.15) is 22.5 Å². The molecule has 4 aromatic rings. The standard InChI is InChI=1S/C23H20Cl2FN3/c1-14-15(2)29(13-16-3-8-20(24)21(25)11-16)23-19(14)9-10-27-22(23)12-28-18-6-4-17(26)5-7-18/h3-11,28H,12-13H2,1-2H3. The Morgan fingerprint density at radius 2 is 1.76 bits per heavy atom. The van der Waals surface area contributed by atoms with Crippen molar-refractivity contribution < 1.29 is 4.39 Å². The molecule has 0 radical (unpaired) electrons. The highest BCUT2D eigenvalue weighted by Crippen LogP contribution is 2.30. The Morgan fingerprint density at radius 1 is 1.00 bits per heavy atom. The Kier molecular flexibility index (Phi) is 5.48. The number of aryl methyl sites for hydroxylation is 1. The summed E-state index contributed by atoms with van der Waals surface area (Å²) in [7, 11) is 0. The molecule has 0 bridgehead atoms. The molecule has 2 aromatic carbocycles. The van der Waals surface area contributed by atoms with Crippen molar-refractivity contribution in [3.05, 3.63) is 93.1 Å². The number of fused-ring (bicyclic) bond motifs is 1. The number of aromatic nitrogens is 2. The molecule has 0 aliphatic rings. The molecule has 0 saturated carbocycles. The molecule has 2 aromatic heterocycles. The number of nitrogens with one attached hydrogen (secondary N) is 1. The maximum absolute atomic E-state index is 13.2. The van der Waals surface area contributed by atoms with Crippen LogP contribution in [0.3, 0.4) is 0 Å². The molecular formula is C23H20Cl2FN3. The summed E-state index contributed by atoms with van der Waals surface area (Å²) in [4.78, 5) is 4.62. The minimum atomic E-state index is -0.252. The van der Waals surface area contributed by atoms with E-state index in [1.807, 2.05) is 30.5 Å². The molecule has 6 heteroatoms. The Hall–Kier alpha value is -2.56. The van der Waals surface area contributed by atoms with Crippen LogP contribution in [0, 0.1) is 19.7 Å². The zero-order valence-electron chi connectivity index (χ0n) is 16.1. The van der Waals surface area contributed by atoms with Gasteiger partial charge in [0.15, 0.2) is 0 Å². The number of nitrogens with zero attached hydrogens (tertiary/aromatic N) is 2. The Labute approximate surface area is 179 Å². The second-order valence-corrected chi connectivity index (χ2v) is 7.87. The normalized spacial score (nSPS) is 11.2. The van der Waals surface area contributed by atoms with E-state index in [1.54, 1.807) is 12.1 Å². The van der Waals surface area contributed by atoms with Crippen molar-refractivity contribution in [1.82, 2.24) is 9.55 Å². The number of hydrogen-bond acceptors (Lipinski definition) is 2. The average Bonchev–Trinajstić information content (AvgIpc) is 2.96. The van der Waals surface area contributed by atoms with Gasteiger partial charge in [0.25, 0.3) is 0 Å². The van der Waals surface area contributed by atoms with E-state index in [4.69, 9.17) is 23.2 Å². The summed E-state index contributed by atoms with van der Waals surface area (Å²) in [5.41, 5.74) is 6.35. The number of benzene rings is 2. The number of anilines is 1. The van der Waals surface area contributed by atoms with E-state index < -0.39 is 0 Å². The number of hydrogen-bond donors (Lipinski definition) is 1. The third kappa shape index (κ3) is 3.96. The summed E-state index contributed by atoms with van der Waals surface area (Å²) in [5, 5.41) is 5.61. The maximum atomic E-state index is 13.2. The molecule has 0 unspecified atom stereocenters. The highest BCUT2D eigenvalue weighted by atomic mass is 35.5. The zero-order chi connectivity index (χ0) is 20.5. The molecule has 0 atom stereocenters. The first-order chi connectivity index (χ1) is 13.9. The van der Waals surface area contributed by atoms with E-state index in [9.17, 15) is 4.39 Å². The van der Waals surface area contributed by atoms with Crippen LogP contribution in [0.5, 0.6) is 0 Å². The largest absolute Gasteiger partial charge is 0.379 e. The van der Waals surface area contributed by atoms with Crippen molar-refractivity contribution in [2.75, 3.05) is 5.32 Å². The highest BCUT2D eigenvalue weighted by molar-refractivity contribution is 6.42. The first-order valence-electron chi connectivity index (χ1n) is 9.30. The van der Waals surface area contributed by atoms with Crippen LogP contribution >= 0.6 is 23.2 Å². The Morgan fingerprint density at radius 3 is 2.48 bits per heavy atom. The molecule has 3 nitrogen and oxygen atoms in total. The fourth-order valence-electron chi connectivity index (χ4n) is 3.57. The molecule has 29 heavy (non-hydrogen) atoms. The van der Waals surface area contributed by atoms with Gasteiger partial charge in [0.05, 0.1) is 27.8 Å².